The van der Waals surface area contributed by atoms with E-state index in [1.54, 1.807) is 11.3 Å². The fourth-order valence-electron chi connectivity index (χ4n) is 3.50. The lowest BCUT2D eigenvalue weighted by molar-refractivity contribution is -0.132. The molecule has 1 aliphatic heterocycles. The van der Waals surface area contributed by atoms with Crippen molar-refractivity contribution in [3.63, 3.8) is 0 Å². The number of amides is 1. The van der Waals surface area contributed by atoms with Gasteiger partial charge in [-0.25, -0.2) is 4.98 Å². The van der Waals surface area contributed by atoms with Crippen LogP contribution in [0.4, 0.5) is 5.69 Å². The predicted molar refractivity (Wildman–Crippen MR) is 117 cm³/mol. The average molecular weight is 424 g/mol. The van der Waals surface area contributed by atoms with Crippen LogP contribution >= 0.6 is 36.2 Å². The van der Waals surface area contributed by atoms with Gasteiger partial charge in [-0.15, -0.1) is 36.2 Å². The molecule has 27 heavy (non-hydrogen) atoms. The molecule has 4 nitrogen and oxygen atoms in total. The minimum Gasteiger partial charge on any atom is -0.399 e. The van der Waals surface area contributed by atoms with Gasteiger partial charge in [0.2, 0.25) is 5.91 Å². The van der Waals surface area contributed by atoms with E-state index in [1.165, 1.54) is 4.70 Å². The number of nitrogen functional groups attached to an aromatic ring is 1. The Morgan fingerprint density at radius 2 is 1.89 bits per heavy atom. The molecule has 144 valence electrons. The molecular weight excluding hydrogens is 401 g/mol. The van der Waals surface area contributed by atoms with Gasteiger partial charge in [0, 0.05) is 18.7 Å². The zero-order valence-electron chi connectivity index (χ0n) is 14.8. The minimum atomic E-state index is 0. The standard InChI is InChI=1S/C20H21N3OS.2ClH/c21-15-7-2-1-6-14(15)11-12-19(24)23-13-5-9-17(23)20-22-16-8-3-4-10-18(16)25-20;;/h1-4,6-8,10,17H,5,9,11-13,21H2;2*1H. The molecule has 1 unspecified atom stereocenters. The molecule has 7 heteroatoms. The summed E-state index contributed by atoms with van der Waals surface area (Å²) in [6.45, 7) is 0.823. The molecule has 0 saturated carbocycles. The first kappa shape index (κ1) is 21.5. The fourth-order valence-corrected chi connectivity index (χ4v) is 4.62. The summed E-state index contributed by atoms with van der Waals surface area (Å²) in [4.78, 5) is 19.6. The summed E-state index contributed by atoms with van der Waals surface area (Å²) in [5.74, 6) is 0.199. The van der Waals surface area contributed by atoms with E-state index < -0.39 is 0 Å². The number of carbonyl (C=O) groups is 1. The molecule has 1 aromatic heterocycles. The highest BCUT2D eigenvalue weighted by atomic mass is 35.5. The second-order valence-corrected chi connectivity index (χ2v) is 7.53. The van der Waals surface area contributed by atoms with Crippen molar-refractivity contribution in [2.75, 3.05) is 12.3 Å². The van der Waals surface area contributed by atoms with Gasteiger partial charge in [0.05, 0.1) is 16.3 Å². The number of anilines is 1. The molecule has 1 atom stereocenters. The van der Waals surface area contributed by atoms with Gasteiger partial charge < -0.3 is 10.6 Å². The maximum absolute atomic E-state index is 12.8. The molecule has 3 aromatic rings. The molecule has 0 aliphatic carbocycles. The Hall–Kier alpha value is -1.82. The first-order chi connectivity index (χ1) is 12.2. The zero-order chi connectivity index (χ0) is 17.2. The maximum atomic E-state index is 12.8. The third-order valence-corrected chi connectivity index (χ3v) is 5.97. The number of hydrogen-bond donors (Lipinski definition) is 1. The highest BCUT2D eigenvalue weighted by Crippen LogP contribution is 2.36. The van der Waals surface area contributed by atoms with Crippen molar-refractivity contribution in [2.24, 2.45) is 0 Å². The molecule has 2 aromatic carbocycles. The lowest BCUT2D eigenvalue weighted by Crippen LogP contribution is -2.30. The number of thiazole rings is 1. The number of carbonyl (C=O) groups excluding carboxylic acids is 1. The summed E-state index contributed by atoms with van der Waals surface area (Å²) in [7, 11) is 0. The van der Waals surface area contributed by atoms with Gasteiger partial charge in [0.1, 0.15) is 5.01 Å². The van der Waals surface area contributed by atoms with Crippen molar-refractivity contribution in [3.05, 3.63) is 59.1 Å². The summed E-state index contributed by atoms with van der Waals surface area (Å²) in [6, 6.07) is 16.1. The van der Waals surface area contributed by atoms with E-state index in [2.05, 4.69) is 6.07 Å². The fraction of sp³-hybridized carbons (Fsp3) is 0.300. The van der Waals surface area contributed by atoms with Crippen LogP contribution in [-0.2, 0) is 11.2 Å². The van der Waals surface area contributed by atoms with E-state index in [9.17, 15) is 4.79 Å². The third-order valence-electron chi connectivity index (χ3n) is 4.83. The highest BCUT2D eigenvalue weighted by Gasteiger charge is 2.31. The Morgan fingerprint density at radius 1 is 1.15 bits per heavy atom. The summed E-state index contributed by atoms with van der Waals surface area (Å²) in [6.07, 6.45) is 3.23. The monoisotopic (exact) mass is 423 g/mol. The Labute approximate surface area is 175 Å². The Morgan fingerprint density at radius 3 is 2.67 bits per heavy atom. The largest absolute Gasteiger partial charge is 0.399 e. The molecular formula is C20H23Cl2N3OS. The number of aryl methyl sites for hydroxylation is 1. The number of halogens is 2. The molecule has 2 heterocycles. The number of fused-ring (bicyclic) bond motifs is 1. The van der Waals surface area contributed by atoms with Gasteiger partial charge in [0.25, 0.3) is 0 Å². The number of likely N-dealkylation sites (tertiary alicyclic amines) is 1. The molecule has 1 saturated heterocycles. The average Bonchev–Trinajstić information content (AvgIpc) is 3.27. The normalized spacial score (nSPS) is 16.0. The second-order valence-electron chi connectivity index (χ2n) is 6.46. The van der Waals surface area contributed by atoms with Gasteiger partial charge >= 0.3 is 0 Å². The molecule has 1 amide bonds. The minimum absolute atomic E-state index is 0. The van der Waals surface area contributed by atoms with Gasteiger partial charge in [-0.2, -0.15) is 0 Å². The van der Waals surface area contributed by atoms with Crippen LogP contribution in [0.2, 0.25) is 0 Å². The van der Waals surface area contributed by atoms with Crippen molar-refractivity contribution in [3.8, 4) is 0 Å². The van der Waals surface area contributed by atoms with Gasteiger partial charge in [0.15, 0.2) is 0 Å². The van der Waals surface area contributed by atoms with E-state index >= 15 is 0 Å². The van der Waals surface area contributed by atoms with Crippen LogP contribution in [0.5, 0.6) is 0 Å². The summed E-state index contributed by atoms with van der Waals surface area (Å²) in [5.41, 5.74) is 8.83. The van der Waals surface area contributed by atoms with Crippen LogP contribution in [0.1, 0.15) is 35.9 Å². The van der Waals surface area contributed by atoms with Crippen LogP contribution in [0.3, 0.4) is 0 Å². The number of nitrogens with zero attached hydrogens (tertiary/aromatic N) is 2. The first-order valence-corrected chi connectivity index (χ1v) is 9.52. The van der Waals surface area contributed by atoms with Crippen molar-refractivity contribution < 1.29 is 4.79 Å². The molecule has 2 N–H and O–H groups in total. The number of aromatic nitrogens is 1. The Bertz CT molecular complexity index is 882. The molecule has 1 fully saturated rings. The lowest BCUT2D eigenvalue weighted by atomic mass is 10.1. The van der Waals surface area contributed by atoms with E-state index in [1.807, 2.05) is 47.4 Å². The van der Waals surface area contributed by atoms with E-state index in [-0.39, 0.29) is 36.8 Å². The molecule has 0 bridgehead atoms. The van der Waals surface area contributed by atoms with Gasteiger partial charge in [-0.05, 0) is 43.0 Å². The first-order valence-electron chi connectivity index (χ1n) is 8.71. The molecule has 0 radical (unpaired) electrons. The molecule has 1 aliphatic rings. The van der Waals surface area contributed by atoms with Gasteiger partial charge in [-0.1, -0.05) is 30.3 Å². The molecule has 4 rings (SSSR count). The Kier molecular flexibility index (Phi) is 7.48. The van der Waals surface area contributed by atoms with Crippen molar-refractivity contribution in [1.82, 2.24) is 9.88 Å². The number of benzene rings is 2. The number of rotatable bonds is 4. The Balaban J connectivity index is 0.00000131. The van der Waals surface area contributed by atoms with Crippen LogP contribution in [-0.4, -0.2) is 22.3 Å². The predicted octanol–water partition coefficient (Wildman–Crippen LogP) is 5.02. The van der Waals surface area contributed by atoms with Crippen LogP contribution in [0.25, 0.3) is 10.2 Å². The summed E-state index contributed by atoms with van der Waals surface area (Å²) in [5, 5.41) is 1.06. The van der Waals surface area contributed by atoms with Gasteiger partial charge in [-0.3, -0.25) is 4.79 Å². The van der Waals surface area contributed by atoms with Crippen molar-refractivity contribution >= 4 is 58.0 Å². The van der Waals surface area contributed by atoms with Crippen LogP contribution in [0, 0.1) is 0 Å². The van der Waals surface area contributed by atoms with E-state index in [0.717, 1.165) is 41.2 Å². The van der Waals surface area contributed by atoms with E-state index in [4.69, 9.17) is 10.7 Å². The number of para-hydroxylation sites is 2. The second kappa shape index (κ2) is 9.40. The smallest absolute Gasteiger partial charge is 0.223 e. The molecule has 0 spiro atoms. The quantitative estimate of drug-likeness (QED) is 0.599. The SMILES string of the molecule is Cl.Cl.Nc1ccccc1CCC(=O)N1CCCC1c1nc2ccccc2s1. The zero-order valence-corrected chi connectivity index (χ0v) is 17.3. The number of nitrogens with two attached hydrogens (primary N) is 1. The highest BCUT2D eigenvalue weighted by molar-refractivity contribution is 7.18. The van der Waals surface area contributed by atoms with Crippen LogP contribution < -0.4 is 5.73 Å². The van der Waals surface area contributed by atoms with Crippen LogP contribution in [0.15, 0.2) is 48.5 Å². The lowest BCUT2D eigenvalue weighted by Gasteiger charge is -2.23. The topological polar surface area (TPSA) is 59.2 Å². The summed E-state index contributed by atoms with van der Waals surface area (Å²) < 4.78 is 1.19. The number of hydrogen-bond acceptors (Lipinski definition) is 4. The van der Waals surface area contributed by atoms with E-state index in [0.29, 0.717) is 12.8 Å². The van der Waals surface area contributed by atoms with Crippen molar-refractivity contribution in [1.29, 1.82) is 0 Å². The van der Waals surface area contributed by atoms with Crippen molar-refractivity contribution in [2.45, 2.75) is 31.7 Å². The summed E-state index contributed by atoms with van der Waals surface area (Å²) >= 11 is 1.71. The third kappa shape index (κ3) is 4.54. The maximum Gasteiger partial charge on any atom is 0.223 e.